The van der Waals surface area contributed by atoms with Crippen LogP contribution in [0.4, 0.5) is 9.18 Å². The molecule has 1 aliphatic rings. The molecule has 2 aromatic heterocycles. The first-order valence-corrected chi connectivity index (χ1v) is 10.1. The highest BCUT2D eigenvalue weighted by Crippen LogP contribution is 2.37. The Bertz CT molecular complexity index is 1090. The summed E-state index contributed by atoms with van der Waals surface area (Å²) in [4.78, 5) is 18.6. The minimum Gasteiger partial charge on any atom is -0.493 e. The summed E-state index contributed by atoms with van der Waals surface area (Å²) in [5.74, 6) is -0.314. The molecule has 3 heterocycles. The molecule has 30 heavy (non-hydrogen) atoms. The van der Waals surface area contributed by atoms with Gasteiger partial charge >= 0.3 is 6.09 Å². The summed E-state index contributed by atoms with van der Waals surface area (Å²) in [5, 5.41) is 15.1. The Hall–Kier alpha value is -3.16. The van der Waals surface area contributed by atoms with Gasteiger partial charge in [-0.1, -0.05) is 19.1 Å². The number of aromatic nitrogens is 3. The summed E-state index contributed by atoms with van der Waals surface area (Å²) in [5.41, 5.74) is 3.22. The van der Waals surface area contributed by atoms with E-state index < -0.39 is 0 Å². The number of hydrogen-bond acceptors (Lipinski definition) is 5. The molecule has 0 spiro atoms. The number of halogens is 1. The topological polar surface area (TPSA) is 80.0 Å². The predicted molar refractivity (Wildman–Crippen MR) is 110 cm³/mol. The van der Waals surface area contributed by atoms with Gasteiger partial charge in [0.2, 0.25) is 5.88 Å². The van der Waals surface area contributed by atoms with E-state index in [1.165, 1.54) is 16.6 Å². The molecule has 1 N–H and O–H groups in total. The van der Waals surface area contributed by atoms with Crippen molar-refractivity contribution in [3.8, 4) is 17.0 Å². The number of ether oxygens (including phenoxy) is 1. The highest BCUT2D eigenvalue weighted by Gasteiger charge is 2.36. The number of aryl methyl sites for hydroxylation is 1. The second-order valence-corrected chi connectivity index (χ2v) is 7.95. The van der Waals surface area contributed by atoms with Gasteiger partial charge in [-0.25, -0.2) is 14.2 Å². The molecule has 3 aromatic rings. The molecule has 1 amide bonds. The maximum absolute atomic E-state index is 13.4. The monoisotopic (exact) mass is 412 g/mol. The molecule has 1 aromatic carbocycles. The summed E-state index contributed by atoms with van der Waals surface area (Å²) in [6.45, 7) is 7.20. The minimum atomic E-state index is -0.315. The van der Waals surface area contributed by atoms with E-state index in [2.05, 4.69) is 12.0 Å². The molecule has 0 aliphatic carbocycles. The van der Waals surface area contributed by atoms with Crippen LogP contribution in [-0.2, 0) is 10.2 Å². The first-order valence-electron chi connectivity index (χ1n) is 10.1. The van der Waals surface area contributed by atoms with Crippen molar-refractivity contribution in [2.24, 2.45) is 0 Å². The second-order valence-electron chi connectivity index (χ2n) is 7.95. The van der Waals surface area contributed by atoms with E-state index in [0.29, 0.717) is 43.9 Å². The number of rotatable bonds is 3. The lowest BCUT2D eigenvalue weighted by Crippen LogP contribution is -2.44. The Morgan fingerprint density at radius 1 is 1.27 bits per heavy atom. The number of piperidine rings is 1. The van der Waals surface area contributed by atoms with E-state index in [4.69, 9.17) is 9.72 Å². The Kier molecular flexibility index (Phi) is 5.09. The van der Waals surface area contributed by atoms with E-state index in [1.807, 2.05) is 6.92 Å². The Morgan fingerprint density at radius 3 is 2.57 bits per heavy atom. The van der Waals surface area contributed by atoms with Crippen LogP contribution in [0.1, 0.15) is 38.1 Å². The predicted octanol–water partition coefficient (Wildman–Crippen LogP) is 4.06. The molecule has 7 nitrogen and oxygen atoms in total. The smallest absolute Gasteiger partial charge is 0.409 e. The number of nitrogens with zero attached hydrogens (tertiary/aromatic N) is 4. The van der Waals surface area contributed by atoms with Crippen LogP contribution in [0.3, 0.4) is 0 Å². The third kappa shape index (κ3) is 3.46. The SMILES string of the molecule is CCOC(=O)N1CCC(C)(c2cc(O)n3nc(C)c(-c4ccc(F)cc4)c3n2)CC1. The zero-order valence-electron chi connectivity index (χ0n) is 17.4. The Morgan fingerprint density at radius 2 is 1.93 bits per heavy atom. The highest BCUT2D eigenvalue weighted by molar-refractivity contribution is 5.80. The number of fused-ring (bicyclic) bond motifs is 1. The van der Waals surface area contributed by atoms with E-state index in [9.17, 15) is 14.3 Å². The maximum Gasteiger partial charge on any atom is 0.409 e. The van der Waals surface area contributed by atoms with Crippen molar-refractivity contribution in [2.75, 3.05) is 19.7 Å². The van der Waals surface area contributed by atoms with E-state index in [0.717, 1.165) is 16.8 Å². The first kappa shape index (κ1) is 20.1. The average Bonchev–Trinajstić information content (AvgIpc) is 3.06. The van der Waals surface area contributed by atoms with Gasteiger partial charge in [0.25, 0.3) is 0 Å². The fraction of sp³-hybridized carbons (Fsp3) is 0.409. The fourth-order valence-electron chi connectivity index (χ4n) is 4.03. The standard InChI is InChI=1S/C22H25FN4O3/c1-4-30-21(29)26-11-9-22(3,10-12-26)17-13-18(28)27-20(24-17)19(14(2)25-27)15-5-7-16(23)8-6-15/h5-8,13,28H,4,9-12H2,1-3H3. The van der Waals surface area contributed by atoms with Crippen molar-refractivity contribution in [3.05, 3.63) is 47.5 Å². The molecule has 158 valence electrons. The van der Waals surface area contributed by atoms with Gasteiger partial charge in [0.15, 0.2) is 5.65 Å². The largest absolute Gasteiger partial charge is 0.493 e. The van der Waals surface area contributed by atoms with E-state index in [1.54, 1.807) is 30.0 Å². The molecule has 1 fully saturated rings. The summed E-state index contributed by atoms with van der Waals surface area (Å²) in [6, 6.07) is 7.81. The van der Waals surface area contributed by atoms with E-state index >= 15 is 0 Å². The number of hydrogen-bond donors (Lipinski definition) is 1. The molecule has 4 rings (SSSR count). The number of benzene rings is 1. The molecule has 1 aliphatic heterocycles. The maximum atomic E-state index is 13.4. The third-order valence-corrected chi connectivity index (χ3v) is 5.89. The van der Waals surface area contributed by atoms with Gasteiger partial charge in [-0.05, 0) is 44.4 Å². The molecule has 1 saturated heterocycles. The van der Waals surface area contributed by atoms with Gasteiger partial charge in [-0.15, -0.1) is 0 Å². The lowest BCUT2D eigenvalue weighted by Gasteiger charge is -2.38. The van der Waals surface area contributed by atoms with Gasteiger partial charge < -0.3 is 14.7 Å². The highest BCUT2D eigenvalue weighted by atomic mass is 19.1. The lowest BCUT2D eigenvalue weighted by atomic mass is 9.77. The minimum absolute atomic E-state index is 0.000471. The Labute approximate surface area is 174 Å². The van der Waals surface area contributed by atoms with Crippen LogP contribution in [0, 0.1) is 12.7 Å². The third-order valence-electron chi connectivity index (χ3n) is 5.89. The zero-order chi connectivity index (χ0) is 21.5. The number of carbonyl (C=O) groups is 1. The van der Waals surface area contributed by atoms with Crippen molar-refractivity contribution >= 4 is 11.7 Å². The van der Waals surface area contributed by atoms with Crippen LogP contribution in [-0.4, -0.2) is 50.4 Å². The molecule has 0 radical (unpaired) electrons. The van der Waals surface area contributed by atoms with E-state index in [-0.39, 0.29) is 23.2 Å². The average molecular weight is 412 g/mol. The molecule has 0 saturated carbocycles. The summed E-state index contributed by atoms with van der Waals surface area (Å²) >= 11 is 0. The van der Waals surface area contributed by atoms with Crippen LogP contribution < -0.4 is 0 Å². The summed E-state index contributed by atoms with van der Waals surface area (Å²) in [7, 11) is 0. The normalized spacial score (nSPS) is 16.1. The van der Waals surface area contributed by atoms with Crippen molar-refractivity contribution in [1.82, 2.24) is 19.5 Å². The zero-order valence-corrected chi connectivity index (χ0v) is 17.4. The quantitative estimate of drug-likeness (QED) is 0.702. The first-order chi connectivity index (χ1) is 14.3. The summed E-state index contributed by atoms with van der Waals surface area (Å²) < 4.78 is 19.9. The second kappa shape index (κ2) is 7.59. The van der Waals surface area contributed by atoms with Gasteiger partial charge in [0.1, 0.15) is 5.82 Å². The molecular formula is C22H25FN4O3. The number of likely N-dealkylation sites (tertiary alicyclic amines) is 1. The van der Waals surface area contributed by atoms with Gasteiger partial charge in [0.05, 0.1) is 18.0 Å². The van der Waals surface area contributed by atoms with Crippen LogP contribution in [0.2, 0.25) is 0 Å². The van der Waals surface area contributed by atoms with Crippen LogP contribution in [0.25, 0.3) is 16.8 Å². The van der Waals surface area contributed by atoms with Gasteiger partial charge in [-0.3, -0.25) is 0 Å². The fourth-order valence-corrected chi connectivity index (χ4v) is 4.03. The van der Waals surface area contributed by atoms with Crippen LogP contribution in [0.15, 0.2) is 30.3 Å². The van der Waals surface area contributed by atoms with Crippen molar-refractivity contribution in [3.63, 3.8) is 0 Å². The van der Waals surface area contributed by atoms with Crippen LogP contribution >= 0.6 is 0 Å². The number of amides is 1. The van der Waals surface area contributed by atoms with Gasteiger partial charge in [-0.2, -0.15) is 9.61 Å². The molecule has 0 bridgehead atoms. The number of carbonyl (C=O) groups excluding carboxylic acids is 1. The molecule has 0 atom stereocenters. The molecule has 8 heteroatoms. The van der Waals surface area contributed by atoms with Crippen LogP contribution in [0.5, 0.6) is 5.88 Å². The van der Waals surface area contributed by atoms with Crippen molar-refractivity contribution in [1.29, 1.82) is 0 Å². The van der Waals surface area contributed by atoms with Crippen molar-refractivity contribution in [2.45, 2.75) is 39.0 Å². The number of aromatic hydroxyl groups is 1. The van der Waals surface area contributed by atoms with Gasteiger partial charge in [0, 0.05) is 30.1 Å². The Balaban J connectivity index is 1.71. The van der Waals surface area contributed by atoms with Crippen molar-refractivity contribution < 1.29 is 19.0 Å². The molecule has 0 unspecified atom stereocenters. The summed E-state index contributed by atoms with van der Waals surface area (Å²) in [6.07, 6.45) is 1.11. The lowest BCUT2D eigenvalue weighted by molar-refractivity contribution is 0.0879. The molecular weight excluding hydrogens is 387 g/mol.